The molecule has 0 aromatic carbocycles. The van der Waals surface area contributed by atoms with Crippen LogP contribution in [0.25, 0.3) is 0 Å². The number of sulfonamides is 1. The molecule has 0 radical (unpaired) electrons. The Labute approximate surface area is 97.3 Å². The summed E-state index contributed by atoms with van der Waals surface area (Å²) in [7, 11) is -3.49. The van der Waals surface area contributed by atoms with Crippen molar-refractivity contribution in [3.63, 3.8) is 0 Å². The predicted molar refractivity (Wildman–Crippen MR) is 62.3 cm³/mol. The molecule has 1 saturated heterocycles. The maximum Gasteiger partial charge on any atom is 0.228 e. The first-order chi connectivity index (χ1) is 7.60. The molecule has 2 unspecified atom stereocenters. The van der Waals surface area contributed by atoms with E-state index in [0.29, 0.717) is 13.0 Å². The van der Waals surface area contributed by atoms with E-state index in [1.165, 1.54) is 0 Å². The molecule has 1 fully saturated rings. The normalized spacial score (nSPS) is 24.4. The Kier molecular flexibility index (Phi) is 5.19. The van der Waals surface area contributed by atoms with Crippen LogP contribution in [0.3, 0.4) is 0 Å². The maximum atomic E-state index is 11.8. The predicted octanol–water partition coefficient (Wildman–Crippen LogP) is 0.350. The molecule has 6 heteroatoms. The van der Waals surface area contributed by atoms with Gasteiger partial charge in [0.25, 0.3) is 0 Å². The second kappa shape index (κ2) is 6.18. The van der Waals surface area contributed by atoms with Crippen LogP contribution in [-0.4, -0.2) is 32.8 Å². The van der Waals surface area contributed by atoms with Crippen molar-refractivity contribution in [2.45, 2.75) is 43.9 Å². The van der Waals surface area contributed by atoms with Crippen LogP contribution in [0.5, 0.6) is 0 Å². The third-order valence-corrected chi connectivity index (χ3v) is 4.62. The molecule has 1 rings (SSSR count). The van der Waals surface area contributed by atoms with Gasteiger partial charge in [0.2, 0.25) is 10.0 Å². The van der Waals surface area contributed by atoms with Crippen molar-refractivity contribution >= 4 is 10.0 Å². The number of nitrogens with zero attached hydrogens (tertiary/aromatic N) is 1. The number of nitrogens with one attached hydrogen (secondary N) is 2. The Hall–Kier alpha value is -0.640. The maximum absolute atomic E-state index is 11.8. The Morgan fingerprint density at radius 3 is 2.94 bits per heavy atom. The SMILES string of the molecule is CCC(C#N)S(=O)(=O)NC1CCCCNC1. The fourth-order valence-corrected chi connectivity index (χ4v) is 3.22. The quantitative estimate of drug-likeness (QED) is 0.749. The molecule has 2 N–H and O–H groups in total. The van der Waals surface area contributed by atoms with E-state index in [9.17, 15) is 8.42 Å². The van der Waals surface area contributed by atoms with Gasteiger partial charge < -0.3 is 5.32 Å². The van der Waals surface area contributed by atoms with Crippen LogP contribution in [0.2, 0.25) is 0 Å². The minimum absolute atomic E-state index is 0.0742. The molecule has 0 spiro atoms. The molecule has 16 heavy (non-hydrogen) atoms. The van der Waals surface area contributed by atoms with Gasteiger partial charge in [-0.25, -0.2) is 13.1 Å². The molecule has 0 aliphatic carbocycles. The van der Waals surface area contributed by atoms with E-state index in [-0.39, 0.29) is 6.04 Å². The lowest BCUT2D eigenvalue weighted by Crippen LogP contribution is -2.44. The molecule has 1 aliphatic rings. The van der Waals surface area contributed by atoms with Gasteiger partial charge in [-0.2, -0.15) is 5.26 Å². The monoisotopic (exact) mass is 245 g/mol. The van der Waals surface area contributed by atoms with Crippen LogP contribution in [0.15, 0.2) is 0 Å². The molecular formula is C10H19N3O2S. The molecule has 0 aromatic rings. The summed E-state index contributed by atoms with van der Waals surface area (Å²) in [5, 5.41) is 11.0. The van der Waals surface area contributed by atoms with Crippen LogP contribution < -0.4 is 10.0 Å². The lowest BCUT2D eigenvalue weighted by Gasteiger charge is -2.18. The zero-order chi connectivity index (χ0) is 12.0. The van der Waals surface area contributed by atoms with Gasteiger partial charge in [-0.05, 0) is 25.8 Å². The molecule has 5 nitrogen and oxygen atoms in total. The molecule has 0 aromatic heterocycles. The van der Waals surface area contributed by atoms with Crippen molar-refractivity contribution in [1.82, 2.24) is 10.0 Å². The van der Waals surface area contributed by atoms with Crippen molar-refractivity contribution in [2.75, 3.05) is 13.1 Å². The number of nitriles is 1. The number of rotatable bonds is 4. The fourth-order valence-electron chi connectivity index (χ4n) is 1.81. The lowest BCUT2D eigenvalue weighted by molar-refractivity contribution is 0.516. The summed E-state index contributed by atoms with van der Waals surface area (Å²) < 4.78 is 26.2. The summed E-state index contributed by atoms with van der Waals surface area (Å²) in [4.78, 5) is 0. The summed E-state index contributed by atoms with van der Waals surface area (Å²) in [6.45, 7) is 3.30. The molecule has 1 heterocycles. The first-order valence-electron chi connectivity index (χ1n) is 5.71. The summed E-state index contributed by atoms with van der Waals surface area (Å²) in [5.41, 5.74) is 0. The number of hydrogen-bond donors (Lipinski definition) is 2. The molecular weight excluding hydrogens is 226 g/mol. The van der Waals surface area contributed by atoms with Gasteiger partial charge in [0, 0.05) is 12.6 Å². The zero-order valence-corrected chi connectivity index (χ0v) is 10.4. The topological polar surface area (TPSA) is 82.0 Å². The van der Waals surface area contributed by atoms with Crippen molar-refractivity contribution < 1.29 is 8.42 Å². The average Bonchev–Trinajstić information content (AvgIpc) is 2.47. The third kappa shape index (κ3) is 3.74. The first kappa shape index (κ1) is 13.4. The van der Waals surface area contributed by atoms with Gasteiger partial charge in [-0.3, -0.25) is 0 Å². The lowest BCUT2D eigenvalue weighted by atomic mass is 10.2. The van der Waals surface area contributed by atoms with Gasteiger partial charge in [0.05, 0.1) is 6.07 Å². The molecule has 2 atom stereocenters. The second-order valence-corrected chi connectivity index (χ2v) is 5.98. The zero-order valence-electron chi connectivity index (χ0n) is 9.57. The Bertz CT molecular complexity index is 340. The Balaban J connectivity index is 2.60. The largest absolute Gasteiger partial charge is 0.315 e. The van der Waals surface area contributed by atoms with Crippen molar-refractivity contribution in [3.8, 4) is 6.07 Å². The van der Waals surface area contributed by atoms with E-state index in [4.69, 9.17) is 5.26 Å². The minimum atomic E-state index is -3.49. The minimum Gasteiger partial charge on any atom is -0.315 e. The van der Waals surface area contributed by atoms with Gasteiger partial charge in [0.1, 0.15) is 0 Å². The summed E-state index contributed by atoms with van der Waals surface area (Å²) in [6.07, 6.45) is 3.26. The molecule has 0 amide bonds. The van der Waals surface area contributed by atoms with Gasteiger partial charge in [-0.15, -0.1) is 0 Å². The fraction of sp³-hybridized carbons (Fsp3) is 0.900. The van der Waals surface area contributed by atoms with E-state index in [1.54, 1.807) is 6.92 Å². The summed E-state index contributed by atoms with van der Waals surface area (Å²) >= 11 is 0. The van der Waals surface area contributed by atoms with Crippen LogP contribution in [0, 0.1) is 11.3 Å². The highest BCUT2D eigenvalue weighted by Crippen LogP contribution is 2.09. The Morgan fingerprint density at radius 1 is 1.56 bits per heavy atom. The van der Waals surface area contributed by atoms with Gasteiger partial charge >= 0.3 is 0 Å². The van der Waals surface area contributed by atoms with E-state index < -0.39 is 15.3 Å². The highest BCUT2D eigenvalue weighted by atomic mass is 32.2. The molecule has 0 saturated carbocycles. The first-order valence-corrected chi connectivity index (χ1v) is 7.26. The van der Waals surface area contributed by atoms with Crippen LogP contribution in [0.1, 0.15) is 32.6 Å². The van der Waals surface area contributed by atoms with Gasteiger partial charge in [0.15, 0.2) is 5.25 Å². The third-order valence-electron chi connectivity index (χ3n) is 2.77. The highest BCUT2D eigenvalue weighted by molar-refractivity contribution is 7.90. The molecule has 0 bridgehead atoms. The van der Waals surface area contributed by atoms with E-state index in [0.717, 1.165) is 25.8 Å². The summed E-state index contributed by atoms with van der Waals surface area (Å²) in [6, 6.07) is 1.75. The Morgan fingerprint density at radius 2 is 2.31 bits per heavy atom. The van der Waals surface area contributed by atoms with Crippen LogP contribution >= 0.6 is 0 Å². The molecule has 1 aliphatic heterocycles. The van der Waals surface area contributed by atoms with Crippen molar-refractivity contribution in [3.05, 3.63) is 0 Å². The van der Waals surface area contributed by atoms with Crippen LogP contribution in [0.4, 0.5) is 0 Å². The van der Waals surface area contributed by atoms with E-state index in [1.807, 2.05) is 6.07 Å². The van der Waals surface area contributed by atoms with Crippen molar-refractivity contribution in [1.29, 1.82) is 5.26 Å². The van der Waals surface area contributed by atoms with E-state index in [2.05, 4.69) is 10.0 Å². The standard InChI is InChI=1S/C10H19N3O2S/c1-2-10(7-11)16(14,15)13-9-5-3-4-6-12-8-9/h9-10,12-13H,2-6,8H2,1H3. The average molecular weight is 245 g/mol. The van der Waals surface area contributed by atoms with Crippen LogP contribution in [-0.2, 0) is 10.0 Å². The highest BCUT2D eigenvalue weighted by Gasteiger charge is 2.26. The smallest absolute Gasteiger partial charge is 0.228 e. The second-order valence-electron chi connectivity index (χ2n) is 4.09. The van der Waals surface area contributed by atoms with Crippen molar-refractivity contribution in [2.24, 2.45) is 0 Å². The van der Waals surface area contributed by atoms with E-state index >= 15 is 0 Å². The summed E-state index contributed by atoms with van der Waals surface area (Å²) in [5.74, 6) is 0. The number of hydrogen-bond acceptors (Lipinski definition) is 4. The van der Waals surface area contributed by atoms with Gasteiger partial charge in [-0.1, -0.05) is 13.3 Å². The molecule has 92 valence electrons.